The van der Waals surface area contributed by atoms with E-state index in [0.717, 1.165) is 28.9 Å². The highest BCUT2D eigenvalue weighted by molar-refractivity contribution is 6.31. The molecule has 0 bridgehead atoms. The standard InChI is InChI=1S/C31H37ClF5N5O2/c1-2-44-30(43)26-19-38-42(28(26)29(33)34)24-4-3-12-41(20-24)27-18-22(32)7-10-25(27)21-5-8-23(9-6-21)40-16-14-39(15-17-40)13-11-31(35,36)37/h5-10,18-19,24,29-30,43H,2-4,11-17,20H2,1H3. The van der Waals surface area contributed by atoms with E-state index in [0.29, 0.717) is 50.7 Å². The van der Waals surface area contributed by atoms with Crippen molar-refractivity contribution in [3.05, 3.63) is 64.9 Å². The van der Waals surface area contributed by atoms with Gasteiger partial charge in [0.2, 0.25) is 0 Å². The quantitative estimate of drug-likeness (QED) is 0.189. The average Bonchev–Trinajstić information content (AvgIpc) is 3.46. The molecule has 7 nitrogen and oxygen atoms in total. The molecule has 1 aromatic heterocycles. The molecular formula is C31H37ClF5N5O2. The maximum absolute atomic E-state index is 14.2. The molecule has 2 saturated heterocycles. The molecule has 0 amide bonds. The van der Waals surface area contributed by atoms with Gasteiger partial charge in [0.05, 0.1) is 24.2 Å². The number of benzene rings is 2. The number of alkyl halides is 5. The molecule has 3 aromatic rings. The van der Waals surface area contributed by atoms with Crippen LogP contribution >= 0.6 is 11.6 Å². The van der Waals surface area contributed by atoms with Crippen LogP contribution in [-0.2, 0) is 4.74 Å². The Morgan fingerprint density at radius 2 is 1.75 bits per heavy atom. The van der Waals surface area contributed by atoms with Gasteiger partial charge in [0.1, 0.15) is 5.69 Å². The van der Waals surface area contributed by atoms with Crippen LogP contribution in [0.3, 0.4) is 0 Å². The van der Waals surface area contributed by atoms with Crippen molar-refractivity contribution in [1.82, 2.24) is 14.7 Å². The smallest absolute Gasteiger partial charge is 0.369 e. The van der Waals surface area contributed by atoms with Crippen LogP contribution in [0.5, 0.6) is 0 Å². The second-order valence-electron chi connectivity index (χ2n) is 11.2. The third kappa shape index (κ3) is 7.64. The molecule has 2 aliphatic rings. The minimum atomic E-state index is -4.15. The Bertz CT molecular complexity index is 1380. The lowest BCUT2D eigenvalue weighted by molar-refractivity contribution is -0.138. The Morgan fingerprint density at radius 3 is 2.41 bits per heavy atom. The summed E-state index contributed by atoms with van der Waals surface area (Å²) in [4.78, 5) is 6.16. The maximum Gasteiger partial charge on any atom is 0.390 e. The van der Waals surface area contributed by atoms with E-state index in [-0.39, 0.29) is 30.5 Å². The number of hydrogen-bond acceptors (Lipinski definition) is 6. The summed E-state index contributed by atoms with van der Waals surface area (Å²) in [6.07, 6.45) is -6.59. The SMILES string of the molecule is CCOC(O)c1cnn(C2CCCN(c3cc(Cl)ccc3-c3ccc(N4CCN(CCC(F)(F)F)CC4)cc3)C2)c1C(F)F. The zero-order valence-corrected chi connectivity index (χ0v) is 25.2. The fraction of sp³-hybridized carbons (Fsp3) is 0.516. The van der Waals surface area contributed by atoms with Crippen LogP contribution in [0.4, 0.5) is 33.3 Å². The van der Waals surface area contributed by atoms with Crippen LogP contribution in [0.1, 0.15) is 56.2 Å². The Hall–Kier alpha value is -2.93. The number of aliphatic hydroxyl groups excluding tert-OH is 1. The van der Waals surface area contributed by atoms with Gasteiger partial charge in [-0.05, 0) is 49.6 Å². The third-order valence-corrected chi connectivity index (χ3v) is 8.57. The summed E-state index contributed by atoms with van der Waals surface area (Å²) in [7, 11) is 0. The topological polar surface area (TPSA) is 57.0 Å². The molecule has 44 heavy (non-hydrogen) atoms. The molecule has 13 heteroatoms. The van der Waals surface area contributed by atoms with Crippen molar-refractivity contribution in [2.24, 2.45) is 0 Å². The summed E-state index contributed by atoms with van der Waals surface area (Å²) in [5, 5.41) is 15.1. The van der Waals surface area contributed by atoms with Crippen molar-refractivity contribution in [2.45, 2.75) is 51.1 Å². The van der Waals surface area contributed by atoms with Gasteiger partial charge in [-0.2, -0.15) is 18.3 Å². The highest BCUT2D eigenvalue weighted by atomic mass is 35.5. The molecule has 0 aliphatic carbocycles. The number of halogens is 6. The molecule has 0 radical (unpaired) electrons. The second kappa shape index (κ2) is 14.0. The van der Waals surface area contributed by atoms with Gasteiger partial charge < -0.3 is 19.6 Å². The fourth-order valence-electron chi connectivity index (χ4n) is 6.09. The van der Waals surface area contributed by atoms with Crippen molar-refractivity contribution >= 4 is 23.0 Å². The Labute approximate surface area is 258 Å². The zero-order chi connectivity index (χ0) is 31.4. The number of nitrogens with zero attached hydrogens (tertiary/aromatic N) is 5. The molecule has 3 heterocycles. The lowest BCUT2D eigenvalue weighted by Crippen LogP contribution is -2.47. The first kappa shape index (κ1) is 32.5. The fourth-order valence-corrected chi connectivity index (χ4v) is 6.26. The summed E-state index contributed by atoms with van der Waals surface area (Å²) in [6, 6.07) is 13.4. The van der Waals surface area contributed by atoms with Gasteiger partial charge in [-0.15, -0.1) is 0 Å². The van der Waals surface area contributed by atoms with Crippen molar-refractivity contribution in [2.75, 3.05) is 62.2 Å². The first-order valence-electron chi connectivity index (χ1n) is 14.9. The number of rotatable bonds is 10. The van der Waals surface area contributed by atoms with Gasteiger partial charge in [-0.25, -0.2) is 8.78 Å². The molecule has 240 valence electrons. The monoisotopic (exact) mass is 641 g/mol. The van der Waals surface area contributed by atoms with Crippen LogP contribution in [-0.4, -0.2) is 78.4 Å². The Kier molecular flexibility index (Phi) is 10.3. The lowest BCUT2D eigenvalue weighted by atomic mass is 9.99. The minimum absolute atomic E-state index is 0.0210. The van der Waals surface area contributed by atoms with Crippen molar-refractivity contribution in [3.63, 3.8) is 0 Å². The molecule has 5 rings (SSSR count). The highest BCUT2D eigenvalue weighted by Gasteiger charge is 2.32. The molecule has 1 N–H and O–H groups in total. The van der Waals surface area contributed by atoms with Gasteiger partial charge in [0.15, 0.2) is 6.29 Å². The van der Waals surface area contributed by atoms with E-state index in [1.807, 2.05) is 47.4 Å². The highest BCUT2D eigenvalue weighted by Crippen LogP contribution is 2.39. The van der Waals surface area contributed by atoms with Crippen molar-refractivity contribution < 1.29 is 31.8 Å². The van der Waals surface area contributed by atoms with Crippen LogP contribution in [0.15, 0.2) is 48.7 Å². The summed E-state index contributed by atoms with van der Waals surface area (Å²) in [5.41, 5.74) is 3.43. The Morgan fingerprint density at radius 1 is 1.02 bits per heavy atom. The van der Waals surface area contributed by atoms with Gasteiger partial charge >= 0.3 is 6.18 Å². The summed E-state index contributed by atoms with van der Waals surface area (Å²) in [6.45, 7) is 5.45. The van der Waals surface area contributed by atoms with E-state index in [2.05, 4.69) is 14.9 Å². The lowest BCUT2D eigenvalue weighted by Gasteiger charge is -2.37. The predicted octanol–water partition coefficient (Wildman–Crippen LogP) is 7.08. The molecule has 2 unspecified atom stereocenters. The van der Waals surface area contributed by atoms with Gasteiger partial charge in [0, 0.05) is 74.4 Å². The zero-order valence-electron chi connectivity index (χ0n) is 24.5. The van der Waals surface area contributed by atoms with E-state index < -0.39 is 25.3 Å². The molecular weight excluding hydrogens is 605 g/mol. The number of aromatic nitrogens is 2. The van der Waals surface area contributed by atoms with Crippen molar-refractivity contribution in [1.29, 1.82) is 0 Å². The average molecular weight is 642 g/mol. The van der Waals surface area contributed by atoms with Crippen LogP contribution in [0.25, 0.3) is 11.1 Å². The van der Waals surface area contributed by atoms with Gasteiger partial charge in [-0.3, -0.25) is 9.58 Å². The van der Waals surface area contributed by atoms with E-state index in [1.54, 1.807) is 6.92 Å². The first-order valence-corrected chi connectivity index (χ1v) is 15.3. The van der Waals surface area contributed by atoms with Gasteiger partial charge in [-0.1, -0.05) is 29.8 Å². The summed E-state index contributed by atoms with van der Waals surface area (Å²) < 4.78 is 72.7. The molecule has 0 saturated carbocycles. The van der Waals surface area contributed by atoms with E-state index >= 15 is 0 Å². The van der Waals surface area contributed by atoms with Crippen LogP contribution in [0.2, 0.25) is 5.02 Å². The summed E-state index contributed by atoms with van der Waals surface area (Å²) in [5.74, 6) is 0. The van der Waals surface area contributed by atoms with E-state index in [4.69, 9.17) is 16.3 Å². The Balaban J connectivity index is 1.32. The number of aliphatic hydroxyl groups is 1. The first-order chi connectivity index (χ1) is 21.0. The number of ether oxygens (including phenoxy) is 1. The largest absolute Gasteiger partial charge is 0.390 e. The second-order valence-corrected chi connectivity index (χ2v) is 11.6. The molecule has 2 aliphatic heterocycles. The van der Waals surface area contributed by atoms with Gasteiger partial charge in [0.25, 0.3) is 6.43 Å². The summed E-state index contributed by atoms with van der Waals surface area (Å²) >= 11 is 6.44. The van der Waals surface area contributed by atoms with E-state index in [1.165, 1.54) is 10.9 Å². The molecule has 2 fully saturated rings. The molecule has 2 atom stereocenters. The minimum Gasteiger partial charge on any atom is -0.369 e. The predicted molar refractivity (Wildman–Crippen MR) is 160 cm³/mol. The maximum atomic E-state index is 14.2. The van der Waals surface area contributed by atoms with Crippen LogP contribution in [0, 0.1) is 0 Å². The normalized spacial score (nSPS) is 19.2. The number of piperidine rings is 1. The van der Waals surface area contributed by atoms with Crippen LogP contribution < -0.4 is 9.80 Å². The third-order valence-electron chi connectivity index (χ3n) is 8.33. The molecule has 2 aromatic carbocycles. The number of piperazine rings is 1. The number of hydrogen-bond donors (Lipinski definition) is 1. The molecule has 0 spiro atoms. The van der Waals surface area contributed by atoms with E-state index in [9.17, 15) is 27.1 Å². The van der Waals surface area contributed by atoms with Crippen molar-refractivity contribution in [3.8, 4) is 11.1 Å². The number of anilines is 2.